The Kier molecular flexibility index (Phi) is 54.2. The third-order valence-corrected chi connectivity index (χ3v) is 55.3. The summed E-state index contributed by atoms with van der Waals surface area (Å²) in [4.78, 5) is 28.6. The average Bonchev–Trinajstić information content (AvgIpc) is 1.56. The summed E-state index contributed by atoms with van der Waals surface area (Å²) >= 11 is 21.1. The summed E-state index contributed by atoms with van der Waals surface area (Å²) in [5.41, 5.74) is 8.24. The van der Waals surface area contributed by atoms with E-state index >= 15 is 0 Å². The summed E-state index contributed by atoms with van der Waals surface area (Å²) in [6, 6.07) is 83.3. The molecule has 0 radical (unpaired) electrons. The van der Waals surface area contributed by atoms with Crippen LogP contribution in [0, 0.1) is 142 Å². The minimum Gasteiger partial charge on any atom is -0.656 e. The Balaban J connectivity index is -0.00000162. The van der Waals surface area contributed by atoms with Gasteiger partial charge in [0, 0.05) is 58.9 Å². The Morgan fingerprint density at radius 1 is 0.258 bits per heavy atom. The Morgan fingerprint density at radius 2 is 0.492 bits per heavy atom. The van der Waals surface area contributed by atoms with Gasteiger partial charge in [-0.05, 0) is 201 Å². The van der Waals surface area contributed by atoms with Crippen molar-refractivity contribution in [3.8, 4) is 0 Å². The zero-order valence-electron chi connectivity index (χ0n) is 87.0. The van der Waals surface area contributed by atoms with Crippen LogP contribution in [-0.4, -0.2) is 76.1 Å². The molecule has 4 saturated carbocycles. The minimum absolute atomic E-state index is 0. The third-order valence-electron chi connectivity index (χ3n) is 28.2. The second-order valence-electron chi connectivity index (χ2n) is 40.2. The van der Waals surface area contributed by atoms with Crippen molar-refractivity contribution in [1.29, 1.82) is 0 Å². The summed E-state index contributed by atoms with van der Waals surface area (Å²) in [6.07, 6.45) is 0. The molecule has 0 aromatic heterocycles. The van der Waals surface area contributed by atoms with E-state index in [4.69, 9.17) is 43.1 Å². The summed E-state index contributed by atoms with van der Waals surface area (Å²) in [5, 5.41) is 11.0. The van der Waals surface area contributed by atoms with Crippen LogP contribution in [0.1, 0.15) is 184 Å². The fraction of sp³-hybridized carbons (Fsp3) is 0.416. The van der Waals surface area contributed by atoms with Crippen molar-refractivity contribution in [3.05, 3.63) is 378 Å². The van der Waals surface area contributed by atoms with E-state index in [9.17, 15) is 4.39 Å². The van der Waals surface area contributed by atoms with Crippen LogP contribution >= 0.6 is 70.2 Å². The molecular weight excluding hydrogens is 1940 g/mol. The van der Waals surface area contributed by atoms with Gasteiger partial charge in [0.1, 0.15) is 5.82 Å². The zero-order valence-corrected chi connectivity index (χ0v) is 102. The van der Waals surface area contributed by atoms with Gasteiger partial charge < -0.3 is 109 Å². The van der Waals surface area contributed by atoms with Crippen molar-refractivity contribution in [1.82, 2.24) is 0 Å². The molecule has 0 bridgehead atoms. The van der Waals surface area contributed by atoms with Crippen molar-refractivity contribution in [2.45, 2.75) is 267 Å². The predicted molar refractivity (Wildman–Crippen MR) is 594 cm³/mol. The first-order valence-electron chi connectivity index (χ1n) is 43.1. The molecular formula is C113H163Cl2FN4S4Si4Ti4. The molecule has 4 heterocycles. The molecule has 4 aliphatic heterocycles. The van der Waals surface area contributed by atoms with Gasteiger partial charge >= 0.3 is 86.9 Å². The van der Waals surface area contributed by atoms with E-state index in [2.05, 4.69) is 405 Å². The van der Waals surface area contributed by atoms with E-state index in [1.54, 1.807) is 28.8 Å². The van der Waals surface area contributed by atoms with E-state index in [1.165, 1.54) is 51.1 Å². The number of nitrogens with zero attached hydrogens (tertiary/aromatic N) is 4. The average molecular weight is 2100 g/mol. The molecule has 9 aromatic carbocycles. The van der Waals surface area contributed by atoms with Crippen LogP contribution in [0.2, 0.25) is 51.9 Å². The molecule has 19 heteroatoms. The summed E-state index contributed by atoms with van der Waals surface area (Å²) in [5.74, 6) is 7.51. The van der Waals surface area contributed by atoms with Crippen molar-refractivity contribution in [2.24, 2.45) is 47.3 Å². The van der Waals surface area contributed by atoms with Gasteiger partial charge in [-0.1, -0.05) is 377 Å². The molecule has 17 rings (SSSR count). The van der Waals surface area contributed by atoms with Crippen molar-refractivity contribution >= 4 is 129 Å². The van der Waals surface area contributed by atoms with Gasteiger partial charge in [-0.25, -0.2) is 4.39 Å². The van der Waals surface area contributed by atoms with Gasteiger partial charge in [0.2, 0.25) is 0 Å². The third kappa shape index (κ3) is 26.9. The van der Waals surface area contributed by atoms with Gasteiger partial charge in [-0.2, -0.15) is 0 Å². The Labute approximate surface area is 902 Å². The molecule has 4 fully saturated rings. The number of rotatable bonds is 13. The Hall–Kier alpha value is -1.55. The topological polar surface area (TPSA) is 56.4 Å². The number of hydrogen-bond acceptors (Lipinski definition) is 4. The van der Waals surface area contributed by atoms with Gasteiger partial charge in [0.25, 0.3) is 0 Å². The van der Waals surface area contributed by atoms with Crippen LogP contribution in [0.5, 0.6) is 0 Å². The van der Waals surface area contributed by atoms with Crippen LogP contribution < -0.4 is 25.9 Å². The molecule has 0 saturated heterocycles. The Morgan fingerprint density at radius 3 is 0.765 bits per heavy atom. The first kappa shape index (κ1) is 135. The number of thioether (sulfide) groups is 4. The Bertz CT molecular complexity index is 4740. The second kappa shape index (κ2) is 53.2. The van der Waals surface area contributed by atoms with Gasteiger partial charge in [0.15, 0.2) is 0 Å². The van der Waals surface area contributed by atoms with E-state index < -0.39 is 32.9 Å². The van der Waals surface area contributed by atoms with Crippen LogP contribution in [0.15, 0.2) is 250 Å². The van der Waals surface area contributed by atoms with E-state index in [1.807, 2.05) is 18.2 Å². The first-order chi connectivity index (χ1) is 54.7. The summed E-state index contributed by atoms with van der Waals surface area (Å²) < 4.78 is 13.7. The van der Waals surface area contributed by atoms with Crippen LogP contribution in [0.3, 0.4) is 0 Å². The maximum absolute atomic E-state index is 13.7. The van der Waals surface area contributed by atoms with Crippen LogP contribution in [-0.2, 0) is 86.9 Å². The zero-order chi connectivity index (χ0) is 83.3. The second-order valence-corrected chi connectivity index (χ2v) is 60.8. The minimum atomic E-state index is -2.48. The van der Waals surface area contributed by atoms with Crippen LogP contribution in [0.4, 0.5) is 4.39 Å². The molecule has 132 heavy (non-hydrogen) atoms. The fourth-order valence-electron chi connectivity index (χ4n) is 23.6. The molecule has 9 aromatic rings. The largest absolute Gasteiger partial charge is 4.00 e. The first-order valence-corrected chi connectivity index (χ1v) is 56.9. The van der Waals surface area contributed by atoms with Crippen LogP contribution in [0.25, 0.3) is 19.9 Å². The standard InChI is InChI=1S/C29H34NSSi.2C24H31ClNSSi.C24H31FNSSi.12CH3.4Ti/c1-20-21(2)28(27-26(20)24-18-12-13-19-25(24)31-27)32(30-29(3,4)5,22-14-8-6-9-15-22)23-16-10-7-11-17-23;1-15-16(2)23(22-21(15)19-12-7-8-13-20(19)27-22)28(6,26-24(3,4)5)18-11-9-10-17(25)14-18;2*1-15-16(2)23(22-21(15)19-9-7-8-10-20(19)27-22)28(6,26-24(3,4)5)18-13-11-17(25)12-14-18;;;;;;;;;;;;;;;;/h6-21,26-28H,1-5H3;3*7-16,21-23H,1-6H3;12*1H3;;;;/q16*-1;4*+4. The maximum Gasteiger partial charge on any atom is 4.00 e. The van der Waals surface area contributed by atoms with Crippen molar-refractivity contribution in [3.63, 3.8) is 0 Å². The number of fused-ring (bicyclic) bond motifs is 12. The normalized spacial score (nSPS) is 26.5. The molecule has 23 atom stereocenters. The molecule has 8 aliphatic rings. The number of hydrogen-bond donors (Lipinski definition) is 0. The molecule has 4 aliphatic carbocycles. The maximum atomic E-state index is 13.7. The molecule has 712 valence electrons. The monoisotopic (exact) mass is 2100 g/mol. The molecule has 4 nitrogen and oxygen atoms in total. The molecule has 0 spiro atoms. The van der Waals surface area contributed by atoms with Gasteiger partial charge in [0.05, 0.1) is 0 Å². The van der Waals surface area contributed by atoms with Crippen molar-refractivity contribution < 1.29 is 91.3 Å². The predicted octanol–water partition coefficient (Wildman–Crippen LogP) is 33.3. The smallest absolute Gasteiger partial charge is 0.656 e. The quantitative estimate of drug-likeness (QED) is 0.0853. The van der Waals surface area contributed by atoms with E-state index in [-0.39, 0.29) is 204 Å². The van der Waals surface area contributed by atoms with Gasteiger partial charge in [-0.15, -0.1) is 69.2 Å². The number of halogens is 3. The SMILES string of the molecule is CC1C(C)C([Si](C)([N-]C(C)(C)C)c2ccc(Cl)cc2)C2Sc3ccccc3C12.CC1C(C)C([Si](C)([N-]C(C)(C)C)c2ccc(F)cc2)C2Sc3ccccc3C12.CC1C(C)C([Si](C)([N-]C(C)(C)C)c2cccc(Cl)c2)C2Sc3ccccc3C12.CC1C(C)C([Si]([N-]C(C)(C)C)(c2ccccc2)c2ccccc2)C2Sc3ccccc3C12.[CH3-].[CH3-].[CH3-].[CH3-].[CH3-].[CH3-].[CH3-].[CH3-].[CH3-].[CH3-].[CH3-].[CH3-].[Ti+4].[Ti+4].[Ti+4].[Ti+4]. The van der Waals surface area contributed by atoms with E-state index in [0.29, 0.717) is 114 Å². The molecule has 23 unspecified atom stereocenters. The summed E-state index contributed by atoms with van der Waals surface area (Å²) in [6.45, 7) is 54.2. The molecule has 0 N–H and O–H groups in total. The van der Waals surface area contributed by atoms with Gasteiger partial charge in [-0.3, -0.25) is 0 Å². The number of benzene rings is 9. The van der Waals surface area contributed by atoms with E-state index in [0.717, 1.165) is 10.0 Å². The fourth-order valence-corrected chi connectivity index (χ4v) is 55.7. The molecule has 0 amide bonds. The van der Waals surface area contributed by atoms with Crippen molar-refractivity contribution in [2.75, 3.05) is 0 Å². The summed E-state index contributed by atoms with van der Waals surface area (Å²) in [7, 11) is -9.02.